The number of aromatic nitrogens is 1. The Kier molecular flexibility index (Phi) is 5.30. The van der Waals surface area contributed by atoms with E-state index < -0.39 is 0 Å². The van der Waals surface area contributed by atoms with Gasteiger partial charge < -0.3 is 16.0 Å². The number of carbonyl (C=O) groups excluding carboxylic acids is 1. The fraction of sp³-hybridized carbons (Fsp3) is 0.571. The normalized spacial score (nSPS) is 12.1. The van der Waals surface area contributed by atoms with Crippen LogP contribution >= 0.6 is 0 Å². The second-order valence-corrected chi connectivity index (χ2v) is 4.98. The van der Waals surface area contributed by atoms with E-state index in [2.05, 4.69) is 10.3 Å². The minimum Gasteiger partial charge on any atom is -0.359 e. The van der Waals surface area contributed by atoms with Crippen LogP contribution in [0.5, 0.6) is 0 Å². The maximum Gasteiger partial charge on any atom is 0.224 e. The van der Waals surface area contributed by atoms with Gasteiger partial charge in [-0.3, -0.25) is 4.79 Å². The van der Waals surface area contributed by atoms with Crippen molar-refractivity contribution in [3.63, 3.8) is 0 Å². The fourth-order valence-corrected chi connectivity index (χ4v) is 2.24. The number of nitrogens with two attached hydrogens (primary N) is 1. The zero-order chi connectivity index (χ0) is 14.6. The summed E-state index contributed by atoms with van der Waals surface area (Å²) in [5.41, 5.74) is 8.95. The predicted molar refractivity (Wildman–Crippen MR) is 78.1 cm³/mol. The summed E-state index contributed by atoms with van der Waals surface area (Å²) in [6.45, 7) is 6.97. The van der Waals surface area contributed by atoms with Crippen LogP contribution in [0.3, 0.4) is 0 Å². The molecule has 0 aliphatic carbocycles. The van der Waals surface area contributed by atoms with Crippen LogP contribution in [0.1, 0.15) is 23.7 Å². The average Bonchev–Trinajstić information content (AvgIpc) is 2.36. The number of nitrogens with one attached hydrogen (secondary N) is 1. The number of anilines is 1. The van der Waals surface area contributed by atoms with Gasteiger partial charge >= 0.3 is 0 Å². The Hall–Kier alpha value is -1.62. The second kappa shape index (κ2) is 6.52. The Morgan fingerprint density at radius 1 is 1.53 bits per heavy atom. The van der Waals surface area contributed by atoms with Gasteiger partial charge in [0.2, 0.25) is 5.91 Å². The SMILES string of the molecule is CNC(=O)C(C)CN(C)c1nc(C)cc(C)c1CN. The van der Waals surface area contributed by atoms with E-state index in [0.717, 1.165) is 22.6 Å². The monoisotopic (exact) mass is 264 g/mol. The van der Waals surface area contributed by atoms with Crippen molar-refractivity contribution < 1.29 is 4.79 Å². The lowest BCUT2D eigenvalue weighted by atomic mass is 10.1. The molecule has 1 atom stereocenters. The van der Waals surface area contributed by atoms with Crippen LogP contribution in [0.2, 0.25) is 0 Å². The number of nitrogens with zero attached hydrogens (tertiary/aromatic N) is 2. The zero-order valence-corrected chi connectivity index (χ0v) is 12.4. The third-order valence-electron chi connectivity index (χ3n) is 3.26. The van der Waals surface area contributed by atoms with Gasteiger partial charge in [-0.1, -0.05) is 6.92 Å². The van der Waals surface area contributed by atoms with Crippen molar-refractivity contribution in [1.82, 2.24) is 10.3 Å². The Labute approximate surface area is 115 Å². The molecule has 0 radical (unpaired) electrons. The highest BCUT2D eigenvalue weighted by atomic mass is 16.1. The molecule has 3 N–H and O–H groups in total. The maximum atomic E-state index is 11.6. The summed E-state index contributed by atoms with van der Waals surface area (Å²) in [5.74, 6) is 0.810. The highest BCUT2D eigenvalue weighted by Crippen LogP contribution is 2.22. The van der Waals surface area contributed by atoms with Gasteiger partial charge in [0, 0.05) is 38.4 Å². The van der Waals surface area contributed by atoms with Crippen LogP contribution in [-0.2, 0) is 11.3 Å². The molecule has 0 spiro atoms. The standard InChI is InChI=1S/C14H24N4O/c1-9-6-11(3)17-13(12(9)7-15)18(5)8-10(2)14(19)16-4/h6,10H,7-8,15H2,1-5H3,(H,16,19). The predicted octanol–water partition coefficient (Wildman–Crippen LogP) is 0.975. The van der Waals surface area contributed by atoms with Crippen molar-refractivity contribution in [2.24, 2.45) is 11.7 Å². The molecule has 1 heterocycles. The van der Waals surface area contributed by atoms with Gasteiger partial charge in [-0.2, -0.15) is 0 Å². The van der Waals surface area contributed by atoms with Gasteiger partial charge in [0.1, 0.15) is 5.82 Å². The molecule has 1 rings (SSSR count). The molecule has 19 heavy (non-hydrogen) atoms. The molecule has 1 unspecified atom stereocenters. The number of carbonyl (C=O) groups is 1. The van der Waals surface area contributed by atoms with E-state index in [1.165, 1.54) is 0 Å². The highest BCUT2D eigenvalue weighted by Gasteiger charge is 2.17. The summed E-state index contributed by atoms with van der Waals surface area (Å²) in [7, 11) is 3.60. The molecule has 0 fully saturated rings. The number of hydrogen-bond acceptors (Lipinski definition) is 4. The lowest BCUT2D eigenvalue weighted by molar-refractivity contribution is -0.123. The third-order valence-corrected chi connectivity index (χ3v) is 3.26. The lowest BCUT2D eigenvalue weighted by Crippen LogP contribution is -2.35. The Morgan fingerprint density at radius 2 is 2.16 bits per heavy atom. The van der Waals surface area contributed by atoms with Gasteiger partial charge in [-0.15, -0.1) is 0 Å². The summed E-state index contributed by atoms with van der Waals surface area (Å²) in [6.07, 6.45) is 0. The lowest BCUT2D eigenvalue weighted by Gasteiger charge is -2.25. The van der Waals surface area contributed by atoms with Gasteiger partial charge in [-0.25, -0.2) is 4.98 Å². The molecule has 0 aromatic carbocycles. The number of hydrogen-bond donors (Lipinski definition) is 2. The number of rotatable bonds is 5. The summed E-state index contributed by atoms with van der Waals surface area (Å²) < 4.78 is 0. The van der Waals surface area contributed by atoms with E-state index in [-0.39, 0.29) is 11.8 Å². The first-order valence-corrected chi connectivity index (χ1v) is 6.50. The molecule has 5 heteroatoms. The number of amides is 1. The van der Waals surface area contributed by atoms with Crippen molar-refractivity contribution >= 4 is 11.7 Å². The largest absolute Gasteiger partial charge is 0.359 e. The van der Waals surface area contributed by atoms with Crippen molar-refractivity contribution in [2.45, 2.75) is 27.3 Å². The minimum atomic E-state index is -0.0942. The quantitative estimate of drug-likeness (QED) is 0.831. The van der Waals surface area contributed by atoms with E-state index in [9.17, 15) is 4.79 Å². The molecular formula is C14H24N4O. The smallest absolute Gasteiger partial charge is 0.224 e. The Bertz CT molecular complexity index is 459. The van der Waals surface area contributed by atoms with Crippen LogP contribution in [0.15, 0.2) is 6.07 Å². The third kappa shape index (κ3) is 3.67. The second-order valence-electron chi connectivity index (χ2n) is 4.98. The molecule has 0 saturated carbocycles. The molecular weight excluding hydrogens is 240 g/mol. The van der Waals surface area contributed by atoms with Crippen molar-refractivity contribution in [3.05, 3.63) is 22.9 Å². The summed E-state index contributed by atoms with van der Waals surface area (Å²) in [6, 6.07) is 2.03. The Morgan fingerprint density at radius 3 is 2.68 bits per heavy atom. The minimum absolute atomic E-state index is 0.0329. The molecule has 0 aliphatic heterocycles. The maximum absolute atomic E-state index is 11.6. The fourth-order valence-electron chi connectivity index (χ4n) is 2.24. The zero-order valence-electron chi connectivity index (χ0n) is 12.4. The van der Waals surface area contributed by atoms with Crippen molar-refractivity contribution in [1.29, 1.82) is 0 Å². The summed E-state index contributed by atoms with van der Waals surface area (Å²) in [4.78, 5) is 18.1. The summed E-state index contributed by atoms with van der Waals surface area (Å²) in [5, 5.41) is 2.66. The first-order valence-electron chi connectivity index (χ1n) is 6.50. The molecule has 1 amide bonds. The van der Waals surface area contributed by atoms with E-state index in [0.29, 0.717) is 13.1 Å². The van der Waals surface area contributed by atoms with Crippen LogP contribution in [0.25, 0.3) is 0 Å². The molecule has 0 aliphatic rings. The van der Waals surface area contributed by atoms with Crippen LogP contribution in [0, 0.1) is 19.8 Å². The molecule has 1 aromatic heterocycles. The van der Waals surface area contributed by atoms with Gasteiger partial charge in [-0.05, 0) is 25.5 Å². The summed E-state index contributed by atoms with van der Waals surface area (Å²) >= 11 is 0. The topological polar surface area (TPSA) is 71.2 Å². The van der Waals surface area contributed by atoms with E-state index in [1.807, 2.05) is 38.8 Å². The molecule has 0 bridgehead atoms. The van der Waals surface area contributed by atoms with Crippen LogP contribution < -0.4 is 16.0 Å². The number of pyridine rings is 1. The van der Waals surface area contributed by atoms with Crippen LogP contribution in [0.4, 0.5) is 5.82 Å². The van der Waals surface area contributed by atoms with E-state index in [1.54, 1.807) is 7.05 Å². The van der Waals surface area contributed by atoms with Crippen LogP contribution in [-0.4, -0.2) is 31.5 Å². The molecule has 1 aromatic rings. The van der Waals surface area contributed by atoms with Gasteiger partial charge in [0.05, 0.1) is 5.92 Å². The average molecular weight is 264 g/mol. The number of aryl methyl sites for hydroxylation is 2. The molecule has 5 nitrogen and oxygen atoms in total. The van der Waals surface area contributed by atoms with Gasteiger partial charge in [0.15, 0.2) is 0 Å². The first kappa shape index (κ1) is 15.4. The molecule has 106 valence electrons. The molecule has 0 saturated heterocycles. The van der Waals surface area contributed by atoms with Crippen molar-refractivity contribution in [3.8, 4) is 0 Å². The Balaban J connectivity index is 2.99. The highest BCUT2D eigenvalue weighted by molar-refractivity contribution is 5.78. The van der Waals surface area contributed by atoms with Gasteiger partial charge in [0.25, 0.3) is 0 Å². The van der Waals surface area contributed by atoms with Crippen molar-refractivity contribution in [2.75, 3.05) is 25.5 Å². The van der Waals surface area contributed by atoms with E-state index >= 15 is 0 Å². The first-order chi connectivity index (χ1) is 8.90. The van der Waals surface area contributed by atoms with E-state index in [4.69, 9.17) is 5.73 Å².